The molecule has 5 nitrogen and oxygen atoms in total. The number of thioether (sulfide) groups is 2. The Morgan fingerprint density at radius 3 is 2.90 bits per heavy atom. The summed E-state index contributed by atoms with van der Waals surface area (Å²) in [4.78, 5) is 30.0. The number of aromatic nitrogens is 2. The van der Waals surface area contributed by atoms with E-state index in [0.29, 0.717) is 17.5 Å². The van der Waals surface area contributed by atoms with Crippen LogP contribution in [0.1, 0.15) is 38.8 Å². The van der Waals surface area contributed by atoms with Gasteiger partial charge < -0.3 is 9.72 Å². The number of ether oxygens (including phenoxy) is 1. The number of hydrogen-bond acceptors (Lipinski definition) is 6. The van der Waals surface area contributed by atoms with E-state index in [1.807, 2.05) is 0 Å². The number of nitrogens with one attached hydrogen (secondary N) is 1. The number of aromatic amines is 1. The zero-order valence-electron chi connectivity index (χ0n) is 12.5. The van der Waals surface area contributed by atoms with Gasteiger partial charge >= 0.3 is 5.97 Å². The Bertz CT molecular complexity index is 491. The predicted molar refractivity (Wildman–Crippen MR) is 87.9 cm³/mol. The molecule has 0 bridgehead atoms. The van der Waals surface area contributed by atoms with Crippen LogP contribution in [0.3, 0.4) is 0 Å². The fourth-order valence-electron chi connectivity index (χ4n) is 1.54. The van der Waals surface area contributed by atoms with Crippen LogP contribution in [0.25, 0.3) is 0 Å². The summed E-state index contributed by atoms with van der Waals surface area (Å²) < 4.78 is 5.11. The molecule has 0 unspecified atom stereocenters. The van der Waals surface area contributed by atoms with Crippen LogP contribution < -0.4 is 5.56 Å². The van der Waals surface area contributed by atoms with Gasteiger partial charge in [0.1, 0.15) is 0 Å². The molecular formula is C14H22N2O3S2. The SMILES string of the molecule is CCCCCOC(=O)CSc1nc(CSCC)cc(=O)[nH]1. The van der Waals surface area contributed by atoms with E-state index in [2.05, 4.69) is 23.8 Å². The molecular weight excluding hydrogens is 308 g/mol. The van der Waals surface area contributed by atoms with E-state index in [-0.39, 0.29) is 17.3 Å². The molecule has 0 aromatic carbocycles. The van der Waals surface area contributed by atoms with Crippen LogP contribution in [0.2, 0.25) is 0 Å². The molecule has 0 fully saturated rings. The van der Waals surface area contributed by atoms with Crippen molar-refractivity contribution in [3.8, 4) is 0 Å². The van der Waals surface area contributed by atoms with Crippen LogP contribution in [-0.2, 0) is 15.3 Å². The molecule has 1 N–H and O–H groups in total. The van der Waals surface area contributed by atoms with Crippen LogP contribution in [0.5, 0.6) is 0 Å². The first-order valence-corrected chi connectivity index (χ1v) is 9.26. The van der Waals surface area contributed by atoms with Crippen molar-refractivity contribution in [2.24, 2.45) is 0 Å². The zero-order chi connectivity index (χ0) is 15.5. The van der Waals surface area contributed by atoms with Crippen LogP contribution in [0.15, 0.2) is 16.0 Å². The highest BCUT2D eigenvalue weighted by molar-refractivity contribution is 7.99. The molecule has 0 saturated heterocycles. The van der Waals surface area contributed by atoms with Crippen LogP contribution in [0, 0.1) is 0 Å². The maximum atomic E-state index is 11.6. The fourth-order valence-corrected chi connectivity index (χ4v) is 2.79. The summed E-state index contributed by atoms with van der Waals surface area (Å²) in [5, 5.41) is 0.472. The van der Waals surface area contributed by atoms with Crippen LogP contribution in [0.4, 0.5) is 0 Å². The molecule has 1 heterocycles. The van der Waals surface area contributed by atoms with Crippen molar-refractivity contribution in [3.05, 3.63) is 22.1 Å². The van der Waals surface area contributed by atoms with Crippen molar-refractivity contribution in [2.75, 3.05) is 18.1 Å². The van der Waals surface area contributed by atoms with Gasteiger partial charge in [0.05, 0.1) is 18.1 Å². The number of carbonyl (C=O) groups is 1. The van der Waals surface area contributed by atoms with Crippen molar-refractivity contribution in [2.45, 2.75) is 44.0 Å². The number of H-pyrrole nitrogens is 1. The molecule has 1 aromatic rings. The van der Waals surface area contributed by atoms with E-state index in [1.54, 1.807) is 11.8 Å². The summed E-state index contributed by atoms with van der Waals surface area (Å²) in [6, 6.07) is 1.50. The Balaban J connectivity index is 2.41. The number of esters is 1. The Kier molecular flexibility index (Phi) is 9.25. The second-order valence-corrected chi connectivity index (χ2v) is 6.63. The summed E-state index contributed by atoms with van der Waals surface area (Å²) >= 11 is 2.91. The third kappa shape index (κ3) is 8.16. The molecule has 0 aliphatic rings. The van der Waals surface area contributed by atoms with Gasteiger partial charge in [0, 0.05) is 11.8 Å². The van der Waals surface area contributed by atoms with Gasteiger partial charge in [-0.3, -0.25) is 9.59 Å². The summed E-state index contributed by atoms with van der Waals surface area (Å²) in [6.07, 6.45) is 3.05. The van der Waals surface area contributed by atoms with E-state index >= 15 is 0 Å². The lowest BCUT2D eigenvalue weighted by Crippen LogP contribution is -2.12. The minimum atomic E-state index is -0.271. The van der Waals surface area contributed by atoms with Crippen LogP contribution >= 0.6 is 23.5 Å². The molecule has 0 aliphatic carbocycles. The number of carbonyl (C=O) groups excluding carboxylic acids is 1. The van der Waals surface area contributed by atoms with Gasteiger partial charge in [-0.25, -0.2) is 4.98 Å². The quantitative estimate of drug-likeness (QED) is 0.308. The van der Waals surface area contributed by atoms with Gasteiger partial charge in [0.25, 0.3) is 5.56 Å². The number of unbranched alkanes of at least 4 members (excludes halogenated alkanes) is 2. The highest BCUT2D eigenvalue weighted by Gasteiger charge is 2.07. The molecule has 0 spiro atoms. The third-order valence-corrected chi connectivity index (χ3v) is 4.32. The minimum Gasteiger partial charge on any atom is -0.465 e. The summed E-state index contributed by atoms with van der Waals surface area (Å²) in [7, 11) is 0. The van der Waals surface area contributed by atoms with Crippen LogP contribution in [-0.4, -0.2) is 34.0 Å². The molecule has 0 atom stereocenters. The lowest BCUT2D eigenvalue weighted by molar-refractivity contribution is -0.140. The molecule has 1 aromatic heterocycles. The molecule has 0 radical (unpaired) electrons. The Labute approximate surface area is 133 Å². The second kappa shape index (κ2) is 10.7. The first kappa shape index (κ1) is 18.1. The summed E-state index contributed by atoms with van der Waals surface area (Å²) in [5.74, 6) is 1.57. The highest BCUT2D eigenvalue weighted by Crippen LogP contribution is 2.14. The van der Waals surface area contributed by atoms with Gasteiger partial charge in [0.2, 0.25) is 0 Å². The van der Waals surface area contributed by atoms with Gasteiger partial charge in [-0.15, -0.1) is 0 Å². The van der Waals surface area contributed by atoms with Crippen molar-refractivity contribution >= 4 is 29.5 Å². The molecule has 0 amide bonds. The summed E-state index contributed by atoms with van der Waals surface area (Å²) in [6.45, 7) is 4.62. The largest absolute Gasteiger partial charge is 0.465 e. The molecule has 0 aliphatic heterocycles. The lowest BCUT2D eigenvalue weighted by atomic mass is 10.3. The Morgan fingerprint density at radius 2 is 2.19 bits per heavy atom. The number of hydrogen-bond donors (Lipinski definition) is 1. The monoisotopic (exact) mass is 330 g/mol. The van der Waals surface area contributed by atoms with Crippen molar-refractivity contribution in [1.82, 2.24) is 9.97 Å². The maximum Gasteiger partial charge on any atom is 0.316 e. The van der Waals surface area contributed by atoms with Gasteiger partial charge in [-0.05, 0) is 12.2 Å². The predicted octanol–water partition coefficient (Wildman–Crippen LogP) is 2.85. The van der Waals surface area contributed by atoms with Gasteiger partial charge in [0.15, 0.2) is 5.16 Å². The topological polar surface area (TPSA) is 72.0 Å². The normalized spacial score (nSPS) is 10.6. The van der Waals surface area contributed by atoms with E-state index in [9.17, 15) is 9.59 Å². The number of nitrogens with zero attached hydrogens (tertiary/aromatic N) is 1. The standard InChI is InChI=1S/C14H22N2O3S2/c1-3-5-6-7-19-13(18)10-21-14-15-11(9-20-4-2)8-12(17)16-14/h8H,3-7,9-10H2,1-2H3,(H,15,16,17). The van der Waals surface area contributed by atoms with E-state index in [1.165, 1.54) is 17.8 Å². The van der Waals surface area contributed by atoms with Gasteiger partial charge in [-0.1, -0.05) is 38.5 Å². The smallest absolute Gasteiger partial charge is 0.316 e. The summed E-state index contributed by atoms with van der Waals surface area (Å²) in [5.41, 5.74) is 0.555. The minimum absolute atomic E-state index is 0.166. The first-order valence-electron chi connectivity index (χ1n) is 7.12. The zero-order valence-corrected chi connectivity index (χ0v) is 14.1. The van der Waals surface area contributed by atoms with E-state index < -0.39 is 0 Å². The third-order valence-electron chi connectivity index (χ3n) is 2.56. The first-order chi connectivity index (χ1) is 10.2. The molecule has 118 valence electrons. The Morgan fingerprint density at radius 1 is 1.38 bits per heavy atom. The maximum absolute atomic E-state index is 11.6. The fraction of sp³-hybridized carbons (Fsp3) is 0.643. The lowest BCUT2D eigenvalue weighted by Gasteiger charge is -2.05. The van der Waals surface area contributed by atoms with E-state index in [0.717, 1.165) is 30.7 Å². The second-order valence-electron chi connectivity index (χ2n) is 4.40. The Hall–Kier alpha value is -0.950. The van der Waals surface area contributed by atoms with Gasteiger partial charge in [-0.2, -0.15) is 11.8 Å². The average Bonchev–Trinajstić information content (AvgIpc) is 2.47. The van der Waals surface area contributed by atoms with Crippen molar-refractivity contribution in [1.29, 1.82) is 0 Å². The highest BCUT2D eigenvalue weighted by atomic mass is 32.2. The van der Waals surface area contributed by atoms with Crippen molar-refractivity contribution < 1.29 is 9.53 Å². The molecule has 21 heavy (non-hydrogen) atoms. The molecule has 7 heteroatoms. The van der Waals surface area contributed by atoms with E-state index in [4.69, 9.17) is 4.74 Å². The number of rotatable bonds is 10. The average molecular weight is 330 g/mol. The van der Waals surface area contributed by atoms with Crippen molar-refractivity contribution in [3.63, 3.8) is 0 Å². The molecule has 0 saturated carbocycles. The molecule has 1 rings (SSSR count).